The molecule has 0 atom stereocenters. The van der Waals surface area contributed by atoms with E-state index >= 15 is 0 Å². The van der Waals surface area contributed by atoms with Crippen LogP contribution in [-0.2, 0) is 11.4 Å². The quantitative estimate of drug-likeness (QED) is 0.417. The molecule has 1 amide bonds. The smallest absolute Gasteiger partial charge is 0.259 e. The number of hydrazone groups is 1. The summed E-state index contributed by atoms with van der Waals surface area (Å²) in [5.74, 6) is 0.509. The van der Waals surface area contributed by atoms with Crippen LogP contribution < -0.4 is 15.5 Å². The van der Waals surface area contributed by atoms with Gasteiger partial charge in [0.2, 0.25) is 0 Å². The third-order valence-corrected chi connectivity index (χ3v) is 4.51. The van der Waals surface area contributed by atoms with Crippen molar-refractivity contribution >= 4 is 29.4 Å². The summed E-state index contributed by atoms with van der Waals surface area (Å²) in [6.07, 6.45) is 1.58. The van der Waals surface area contributed by atoms with Crippen LogP contribution in [0.25, 0.3) is 0 Å². The lowest BCUT2D eigenvalue weighted by Crippen LogP contribution is -2.25. The number of benzene rings is 3. The normalized spacial score (nSPS) is 10.7. The van der Waals surface area contributed by atoms with Gasteiger partial charge < -0.3 is 10.1 Å². The fourth-order valence-electron chi connectivity index (χ4n) is 2.50. The Labute approximate surface area is 175 Å². The zero-order valence-corrected chi connectivity index (χ0v) is 16.8. The van der Waals surface area contributed by atoms with E-state index in [9.17, 15) is 4.79 Å². The van der Waals surface area contributed by atoms with E-state index in [0.717, 1.165) is 22.6 Å². The molecule has 2 N–H and O–H groups in total. The fourth-order valence-corrected chi connectivity index (χ4v) is 2.69. The van der Waals surface area contributed by atoms with Gasteiger partial charge in [0, 0.05) is 16.3 Å². The Hall–Kier alpha value is -3.31. The van der Waals surface area contributed by atoms with Crippen molar-refractivity contribution < 1.29 is 9.53 Å². The maximum atomic E-state index is 11.9. The number of nitrogens with zero attached hydrogens (tertiary/aromatic N) is 1. The van der Waals surface area contributed by atoms with Gasteiger partial charge in [0.15, 0.2) is 0 Å². The molecule has 0 heterocycles. The molecular formula is C23H22ClN3O2. The average molecular weight is 408 g/mol. The van der Waals surface area contributed by atoms with E-state index in [2.05, 4.69) is 15.8 Å². The lowest BCUT2D eigenvalue weighted by atomic mass is 10.2. The molecule has 148 valence electrons. The second-order valence-electron chi connectivity index (χ2n) is 6.46. The number of carbonyl (C=O) groups excluding carboxylic acids is 1. The number of carbonyl (C=O) groups is 1. The van der Waals surface area contributed by atoms with Gasteiger partial charge in [-0.15, -0.1) is 0 Å². The Balaban J connectivity index is 1.42. The molecule has 0 aliphatic rings. The van der Waals surface area contributed by atoms with Gasteiger partial charge in [0.1, 0.15) is 12.4 Å². The SMILES string of the molecule is Cc1ccc(NCC(=O)N/N=C\c2ccc(OCc3ccccc3Cl)cc2)cc1. The number of hydrogen-bond acceptors (Lipinski definition) is 4. The Morgan fingerprint density at radius 2 is 1.76 bits per heavy atom. The third-order valence-electron chi connectivity index (χ3n) is 4.14. The molecule has 0 unspecified atom stereocenters. The summed E-state index contributed by atoms with van der Waals surface area (Å²) < 4.78 is 5.74. The summed E-state index contributed by atoms with van der Waals surface area (Å²) in [7, 11) is 0. The van der Waals surface area contributed by atoms with Gasteiger partial charge in [-0.25, -0.2) is 5.43 Å². The lowest BCUT2D eigenvalue weighted by molar-refractivity contribution is -0.119. The number of rotatable bonds is 8. The number of halogens is 1. The Bertz CT molecular complexity index is 970. The molecule has 29 heavy (non-hydrogen) atoms. The van der Waals surface area contributed by atoms with Crippen molar-refractivity contribution in [3.8, 4) is 5.75 Å². The molecule has 3 aromatic rings. The van der Waals surface area contributed by atoms with E-state index in [1.165, 1.54) is 5.56 Å². The monoisotopic (exact) mass is 407 g/mol. The Morgan fingerprint density at radius 3 is 2.48 bits per heavy atom. The number of anilines is 1. The molecule has 0 aliphatic carbocycles. The maximum absolute atomic E-state index is 11.9. The number of aryl methyl sites for hydroxylation is 1. The first-order valence-electron chi connectivity index (χ1n) is 9.19. The molecule has 0 spiro atoms. The minimum atomic E-state index is -0.221. The van der Waals surface area contributed by atoms with Crippen LogP contribution in [0, 0.1) is 6.92 Å². The minimum absolute atomic E-state index is 0.148. The Morgan fingerprint density at radius 1 is 1.03 bits per heavy atom. The van der Waals surface area contributed by atoms with Crippen molar-refractivity contribution in [3.05, 3.63) is 94.5 Å². The van der Waals surface area contributed by atoms with Gasteiger partial charge in [-0.1, -0.05) is 47.5 Å². The van der Waals surface area contributed by atoms with E-state index in [0.29, 0.717) is 11.6 Å². The molecule has 0 saturated heterocycles. The lowest BCUT2D eigenvalue weighted by Gasteiger charge is -2.08. The van der Waals surface area contributed by atoms with Crippen LogP contribution in [0.4, 0.5) is 5.69 Å². The van der Waals surface area contributed by atoms with Crippen LogP contribution >= 0.6 is 11.6 Å². The summed E-state index contributed by atoms with van der Waals surface area (Å²) in [5, 5.41) is 7.71. The first-order chi connectivity index (χ1) is 14.1. The fraction of sp³-hybridized carbons (Fsp3) is 0.130. The van der Waals surface area contributed by atoms with Crippen LogP contribution in [-0.4, -0.2) is 18.7 Å². The van der Waals surface area contributed by atoms with Crippen LogP contribution in [0.5, 0.6) is 5.75 Å². The molecule has 0 fully saturated rings. The Kier molecular flexibility index (Phi) is 7.25. The van der Waals surface area contributed by atoms with Crippen LogP contribution in [0.2, 0.25) is 5.02 Å². The minimum Gasteiger partial charge on any atom is -0.489 e. The summed E-state index contributed by atoms with van der Waals surface area (Å²) in [6, 6.07) is 22.8. The summed E-state index contributed by atoms with van der Waals surface area (Å²) in [6.45, 7) is 2.56. The number of amides is 1. The standard InChI is InChI=1S/C23H22ClN3O2/c1-17-6-10-20(11-7-17)25-15-23(28)27-26-14-18-8-12-21(13-9-18)29-16-19-4-2-3-5-22(19)24/h2-14,25H,15-16H2,1H3,(H,27,28)/b26-14-. The van der Waals surface area contributed by atoms with Gasteiger partial charge in [0.05, 0.1) is 12.8 Å². The first-order valence-corrected chi connectivity index (χ1v) is 9.57. The third kappa shape index (κ3) is 6.66. The van der Waals surface area contributed by atoms with Gasteiger partial charge in [-0.2, -0.15) is 5.10 Å². The van der Waals surface area contributed by atoms with E-state index < -0.39 is 0 Å². The van der Waals surface area contributed by atoms with E-state index in [1.54, 1.807) is 6.21 Å². The molecule has 0 aliphatic heterocycles. The molecule has 3 aromatic carbocycles. The highest BCUT2D eigenvalue weighted by Crippen LogP contribution is 2.18. The molecule has 0 radical (unpaired) electrons. The van der Waals surface area contributed by atoms with Crippen molar-refractivity contribution in [1.82, 2.24) is 5.43 Å². The predicted octanol–water partition coefficient (Wildman–Crippen LogP) is 4.79. The summed E-state index contributed by atoms with van der Waals surface area (Å²) in [5.41, 5.74) is 6.35. The summed E-state index contributed by atoms with van der Waals surface area (Å²) >= 11 is 6.13. The number of ether oxygens (including phenoxy) is 1. The van der Waals surface area contributed by atoms with Crippen molar-refractivity contribution in [1.29, 1.82) is 0 Å². The molecule has 0 bridgehead atoms. The van der Waals surface area contributed by atoms with Crippen molar-refractivity contribution in [3.63, 3.8) is 0 Å². The van der Waals surface area contributed by atoms with E-state index in [-0.39, 0.29) is 12.5 Å². The van der Waals surface area contributed by atoms with Gasteiger partial charge >= 0.3 is 0 Å². The van der Waals surface area contributed by atoms with Crippen molar-refractivity contribution in [2.24, 2.45) is 5.10 Å². The summed E-state index contributed by atoms with van der Waals surface area (Å²) in [4.78, 5) is 11.9. The van der Waals surface area contributed by atoms with Crippen LogP contribution in [0.1, 0.15) is 16.7 Å². The first kappa shape index (κ1) is 20.4. The van der Waals surface area contributed by atoms with Crippen molar-refractivity contribution in [2.75, 3.05) is 11.9 Å². The zero-order valence-electron chi connectivity index (χ0n) is 16.1. The highest BCUT2D eigenvalue weighted by Gasteiger charge is 2.01. The van der Waals surface area contributed by atoms with Crippen LogP contribution in [0.3, 0.4) is 0 Å². The van der Waals surface area contributed by atoms with E-state index in [1.807, 2.05) is 79.7 Å². The highest BCUT2D eigenvalue weighted by molar-refractivity contribution is 6.31. The largest absolute Gasteiger partial charge is 0.489 e. The zero-order chi connectivity index (χ0) is 20.5. The second-order valence-corrected chi connectivity index (χ2v) is 6.87. The maximum Gasteiger partial charge on any atom is 0.259 e. The predicted molar refractivity (Wildman–Crippen MR) is 118 cm³/mol. The van der Waals surface area contributed by atoms with Gasteiger partial charge in [-0.3, -0.25) is 4.79 Å². The molecule has 3 rings (SSSR count). The molecule has 6 heteroatoms. The molecule has 0 aromatic heterocycles. The van der Waals surface area contributed by atoms with Crippen molar-refractivity contribution in [2.45, 2.75) is 13.5 Å². The van der Waals surface area contributed by atoms with Gasteiger partial charge in [0.25, 0.3) is 5.91 Å². The molecule has 0 saturated carbocycles. The van der Waals surface area contributed by atoms with Crippen LogP contribution in [0.15, 0.2) is 77.9 Å². The second kappa shape index (κ2) is 10.3. The average Bonchev–Trinajstić information content (AvgIpc) is 2.74. The van der Waals surface area contributed by atoms with Gasteiger partial charge in [-0.05, 0) is 55.0 Å². The number of nitrogens with one attached hydrogen (secondary N) is 2. The topological polar surface area (TPSA) is 62.7 Å². The number of hydrogen-bond donors (Lipinski definition) is 2. The molecule has 5 nitrogen and oxygen atoms in total. The molecular weight excluding hydrogens is 386 g/mol. The highest BCUT2D eigenvalue weighted by atomic mass is 35.5. The van der Waals surface area contributed by atoms with E-state index in [4.69, 9.17) is 16.3 Å².